The molecular weight excluding hydrogens is 326 g/mol. The van der Waals surface area contributed by atoms with Crippen molar-refractivity contribution >= 4 is 0 Å². The molecule has 3 rings (SSSR count). The normalized spacial score (nSPS) is 17.8. The third kappa shape index (κ3) is 4.77. The fourth-order valence-electron chi connectivity index (χ4n) is 3.39. The molecule has 0 bridgehead atoms. The first-order valence-electron chi connectivity index (χ1n) is 9.50. The van der Waals surface area contributed by atoms with Gasteiger partial charge in [0.1, 0.15) is 6.61 Å². The van der Waals surface area contributed by atoms with Crippen molar-refractivity contribution in [1.29, 1.82) is 0 Å². The first kappa shape index (κ1) is 18.7. The fourth-order valence-corrected chi connectivity index (χ4v) is 3.39. The number of rotatable bonds is 9. The number of para-hydroxylation sites is 1. The van der Waals surface area contributed by atoms with Crippen molar-refractivity contribution in [3.8, 4) is 11.5 Å². The smallest absolute Gasteiger partial charge is 0.165 e. The second-order valence-corrected chi connectivity index (χ2v) is 6.65. The van der Waals surface area contributed by atoms with Crippen molar-refractivity contribution in [3.05, 3.63) is 59.7 Å². The van der Waals surface area contributed by atoms with E-state index in [-0.39, 0.29) is 6.10 Å². The Hall–Kier alpha value is -2.04. The second-order valence-electron chi connectivity index (χ2n) is 6.65. The van der Waals surface area contributed by atoms with Gasteiger partial charge in [0.05, 0.1) is 13.2 Å². The Bertz CT molecular complexity index is 668. The number of nitrogens with one attached hydrogen (secondary N) is 1. The molecule has 1 N–H and O–H groups in total. The minimum Gasteiger partial charge on any atom is -0.493 e. The molecule has 2 aromatic rings. The first-order chi connectivity index (χ1) is 12.8. The van der Waals surface area contributed by atoms with Gasteiger partial charge in [-0.3, -0.25) is 0 Å². The molecule has 0 aromatic heterocycles. The first-order valence-corrected chi connectivity index (χ1v) is 9.50. The van der Waals surface area contributed by atoms with Crippen LogP contribution in [0.1, 0.15) is 43.4 Å². The molecule has 140 valence electrons. The van der Waals surface area contributed by atoms with E-state index in [1.165, 1.54) is 5.56 Å². The van der Waals surface area contributed by atoms with E-state index < -0.39 is 0 Å². The maximum Gasteiger partial charge on any atom is 0.165 e. The Morgan fingerprint density at radius 2 is 2.00 bits per heavy atom. The predicted molar refractivity (Wildman–Crippen MR) is 104 cm³/mol. The lowest BCUT2D eigenvalue weighted by Gasteiger charge is -2.21. The monoisotopic (exact) mass is 355 g/mol. The van der Waals surface area contributed by atoms with Crippen LogP contribution < -0.4 is 14.8 Å². The van der Waals surface area contributed by atoms with Crippen molar-refractivity contribution < 1.29 is 14.2 Å². The molecule has 4 heteroatoms. The van der Waals surface area contributed by atoms with Gasteiger partial charge in [-0.2, -0.15) is 0 Å². The van der Waals surface area contributed by atoms with Crippen LogP contribution in [0.2, 0.25) is 0 Å². The van der Waals surface area contributed by atoms with E-state index >= 15 is 0 Å². The van der Waals surface area contributed by atoms with Crippen LogP contribution >= 0.6 is 0 Å². The molecule has 0 saturated carbocycles. The highest BCUT2D eigenvalue weighted by atomic mass is 16.5. The summed E-state index contributed by atoms with van der Waals surface area (Å²) in [6.45, 7) is 4.34. The van der Waals surface area contributed by atoms with Crippen LogP contribution in [0.5, 0.6) is 11.5 Å². The van der Waals surface area contributed by atoms with Crippen LogP contribution in [0.15, 0.2) is 48.5 Å². The number of ether oxygens (including phenoxy) is 3. The van der Waals surface area contributed by atoms with Crippen molar-refractivity contribution in [2.75, 3.05) is 20.3 Å². The summed E-state index contributed by atoms with van der Waals surface area (Å²) in [6.07, 6.45) is 3.40. The zero-order chi connectivity index (χ0) is 18.2. The molecule has 0 aliphatic carbocycles. The van der Waals surface area contributed by atoms with Crippen LogP contribution in [0.3, 0.4) is 0 Å². The van der Waals surface area contributed by atoms with E-state index in [0.717, 1.165) is 49.5 Å². The Kier molecular flexibility index (Phi) is 6.92. The molecule has 1 aliphatic heterocycles. The maximum atomic E-state index is 6.12. The summed E-state index contributed by atoms with van der Waals surface area (Å²) >= 11 is 0. The average molecular weight is 355 g/mol. The van der Waals surface area contributed by atoms with Crippen LogP contribution in [-0.2, 0) is 11.3 Å². The van der Waals surface area contributed by atoms with Crippen LogP contribution in [-0.4, -0.2) is 26.4 Å². The Morgan fingerprint density at radius 3 is 2.69 bits per heavy atom. The Morgan fingerprint density at radius 1 is 1.15 bits per heavy atom. The Labute approximate surface area is 156 Å². The van der Waals surface area contributed by atoms with Gasteiger partial charge in [0.15, 0.2) is 11.5 Å². The molecule has 2 unspecified atom stereocenters. The molecular formula is C22H29NO3. The molecule has 0 radical (unpaired) electrons. The minimum atomic E-state index is 0.188. The zero-order valence-electron chi connectivity index (χ0n) is 15.7. The van der Waals surface area contributed by atoms with Crippen molar-refractivity contribution in [1.82, 2.24) is 5.32 Å². The topological polar surface area (TPSA) is 39.7 Å². The van der Waals surface area contributed by atoms with Gasteiger partial charge >= 0.3 is 0 Å². The molecule has 1 heterocycles. The van der Waals surface area contributed by atoms with Crippen LogP contribution in [0.25, 0.3) is 0 Å². The molecule has 2 atom stereocenters. The molecule has 1 aliphatic rings. The second kappa shape index (κ2) is 9.60. The molecule has 26 heavy (non-hydrogen) atoms. The molecule has 0 spiro atoms. The van der Waals surface area contributed by atoms with E-state index in [1.807, 2.05) is 12.1 Å². The SMILES string of the molecule is CCC(NCc1cccc(OC)c1OCC1CCCO1)c1ccccc1. The standard InChI is InChI=1S/C22H29NO3/c1-3-20(17-9-5-4-6-10-17)23-15-18-11-7-13-21(24-2)22(18)26-16-19-12-8-14-25-19/h4-7,9-11,13,19-20,23H,3,8,12,14-16H2,1-2H3. The fraction of sp³-hybridized carbons (Fsp3) is 0.455. The highest BCUT2D eigenvalue weighted by molar-refractivity contribution is 5.46. The highest BCUT2D eigenvalue weighted by Gasteiger charge is 2.19. The van der Waals surface area contributed by atoms with Gasteiger partial charge in [-0.25, -0.2) is 0 Å². The molecule has 4 nitrogen and oxygen atoms in total. The molecule has 0 amide bonds. The van der Waals surface area contributed by atoms with E-state index in [9.17, 15) is 0 Å². The Balaban J connectivity index is 1.69. The zero-order valence-corrected chi connectivity index (χ0v) is 15.7. The van der Waals surface area contributed by atoms with Crippen LogP contribution in [0, 0.1) is 0 Å². The van der Waals surface area contributed by atoms with E-state index in [0.29, 0.717) is 12.6 Å². The predicted octanol–water partition coefficient (Wildman–Crippen LogP) is 4.49. The van der Waals surface area contributed by atoms with Crippen molar-refractivity contribution in [3.63, 3.8) is 0 Å². The third-order valence-electron chi connectivity index (χ3n) is 4.87. The van der Waals surface area contributed by atoms with Gasteiger partial charge in [0.25, 0.3) is 0 Å². The summed E-state index contributed by atoms with van der Waals surface area (Å²) in [6, 6.07) is 16.9. The average Bonchev–Trinajstić information content (AvgIpc) is 3.21. The summed E-state index contributed by atoms with van der Waals surface area (Å²) in [5.41, 5.74) is 2.41. The summed E-state index contributed by atoms with van der Waals surface area (Å²) < 4.78 is 17.3. The number of hydrogen-bond donors (Lipinski definition) is 1. The summed E-state index contributed by atoms with van der Waals surface area (Å²) in [5, 5.41) is 3.65. The van der Waals surface area contributed by atoms with Crippen molar-refractivity contribution in [2.24, 2.45) is 0 Å². The lowest BCUT2D eigenvalue weighted by atomic mass is 10.0. The lowest BCUT2D eigenvalue weighted by Crippen LogP contribution is -2.22. The lowest BCUT2D eigenvalue weighted by molar-refractivity contribution is 0.0665. The van der Waals surface area contributed by atoms with E-state index in [4.69, 9.17) is 14.2 Å². The number of hydrogen-bond acceptors (Lipinski definition) is 4. The summed E-state index contributed by atoms with van der Waals surface area (Å²) in [5.74, 6) is 1.59. The third-order valence-corrected chi connectivity index (χ3v) is 4.87. The van der Waals surface area contributed by atoms with E-state index in [2.05, 4.69) is 48.6 Å². The largest absolute Gasteiger partial charge is 0.493 e. The highest BCUT2D eigenvalue weighted by Crippen LogP contribution is 2.32. The maximum absolute atomic E-state index is 6.12. The molecule has 2 aromatic carbocycles. The van der Waals surface area contributed by atoms with Crippen molar-refractivity contribution in [2.45, 2.75) is 44.9 Å². The number of benzene rings is 2. The van der Waals surface area contributed by atoms with Gasteiger partial charge in [-0.1, -0.05) is 49.4 Å². The van der Waals surface area contributed by atoms with Gasteiger partial charge in [0.2, 0.25) is 0 Å². The van der Waals surface area contributed by atoms with Gasteiger partial charge in [-0.05, 0) is 30.9 Å². The summed E-state index contributed by atoms with van der Waals surface area (Å²) in [7, 11) is 1.68. The number of methoxy groups -OCH3 is 1. The quantitative estimate of drug-likeness (QED) is 0.719. The summed E-state index contributed by atoms with van der Waals surface area (Å²) in [4.78, 5) is 0. The van der Waals surface area contributed by atoms with Gasteiger partial charge in [0, 0.05) is 24.8 Å². The molecule has 1 saturated heterocycles. The van der Waals surface area contributed by atoms with Gasteiger partial charge < -0.3 is 19.5 Å². The van der Waals surface area contributed by atoms with E-state index in [1.54, 1.807) is 7.11 Å². The van der Waals surface area contributed by atoms with Gasteiger partial charge in [-0.15, -0.1) is 0 Å². The van der Waals surface area contributed by atoms with Crippen LogP contribution in [0.4, 0.5) is 0 Å². The molecule has 1 fully saturated rings. The minimum absolute atomic E-state index is 0.188.